The molecule has 0 amide bonds. The number of hydrogen-bond acceptors (Lipinski definition) is 4. The van der Waals surface area contributed by atoms with Crippen molar-refractivity contribution in [3.8, 4) is 0 Å². The van der Waals surface area contributed by atoms with E-state index in [9.17, 15) is 9.90 Å². The molecule has 5 fully saturated rings. The summed E-state index contributed by atoms with van der Waals surface area (Å²) in [5.41, 5.74) is 1.33. The molecule has 4 nitrogen and oxygen atoms in total. The summed E-state index contributed by atoms with van der Waals surface area (Å²) in [7, 11) is 0. The summed E-state index contributed by atoms with van der Waals surface area (Å²) in [5.74, 6) is 4.97. The molecule has 6 aliphatic rings. The first-order valence-electron chi connectivity index (χ1n) is 14.0. The third-order valence-corrected chi connectivity index (χ3v) is 11.8. The average Bonchev–Trinajstić information content (AvgIpc) is 3.14. The molecule has 0 spiro atoms. The molecule has 4 heteroatoms. The number of aliphatic hydroxyl groups is 1. The van der Waals surface area contributed by atoms with Crippen LogP contribution in [0.15, 0.2) is 11.6 Å². The monoisotopic (exact) mass is 455 g/mol. The maximum Gasteiger partial charge on any atom is 0.302 e. The van der Waals surface area contributed by atoms with Gasteiger partial charge in [-0.1, -0.05) is 25.5 Å². The highest BCUT2D eigenvalue weighted by Gasteiger charge is 2.62. The molecule has 0 radical (unpaired) electrons. The average molecular weight is 456 g/mol. The Morgan fingerprint density at radius 2 is 1.85 bits per heavy atom. The molecule has 0 aromatic carbocycles. The van der Waals surface area contributed by atoms with Gasteiger partial charge < -0.3 is 9.84 Å². The first-order valence-corrected chi connectivity index (χ1v) is 14.0. The van der Waals surface area contributed by atoms with Crippen molar-refractivity contribution >= 4 is 5.97 Å². The van der Waals surface area contributed by atoms with Gasteiger partial charge in [0.25, 0.3) is 0 Å². The zero-order chi connectivity index (χ0) is 23.1. The van der Waals surface area contributed by atoms with E-state index in [1.165, 1.54) is 51.6 Å². The van der Waals surface area contributed by atoms with Gasteiger partial charge in [0.05, 0.1) is 5.60 Å². The van der Waals surface area contributed by atoms with E-state index in [4.69, 9.17) is 4.74 Å². The van der Waals surface area contributed by atoms with Crippen molar-refractivity contribution in [2.75, 3.05) is 13.1 Å². The van der Waals surface area contributed by atoms with Crippen LogP contribution in [0, 0.1) is 46.8 Å². The summed E-state index contributed by atoms with van der Waals surface area (Å²) in [6, 6.07) is 0.373. The molecule has 2 saturated heterocycles. The lowest BCUT2D eigenvalue weighted by molar-refractivity contribution is -0.175. The van der Waals surface area contributed by atoms with Crippen LogP contribution in [0.5, 0.6) is 0 Å². The number of fused-ring (bicyclic) bond motifs is 8. The number of piperidine rings is 2. The van der Waals surface area contributed by atoms with Gasteiger partial charge in [0.1, 0.15) is 6.10 Å². The van der Waals surface area contributed by atoms with E-state index in [-0.39, 0.29) is 17.5 Å². The summed E-state index contributed by atoms with van der Waals surface area (Å²) in [5, 5.41) is 11.9. The minimum absolute atomic E-state index is 0.0814. The van der Waals surface area contributed by atoms with Crippen LogP contribution in [0.3, 0.4) is 0 Å². The third kappa shape index (κ3) is 3.40. The van der Waals surface area contributed by atoms with Crippen LogP contribution < -0.4 is 0 Å². The maximum absolute atomic E-state index is 11.9. The fraction of sp³-hybridized carbons (Fsp3) is 0.897. The molecule has 0 aromatic rings. The number of allylic oxidation sites excluding steroid dienone is 1. The van der Waals surface area contributed by atoms with E-state index in [0.29, 0.717) is 17.9 Å². The standard InChI is InChI=1S/C29H45NO3/c1-17-5-10-27-29(4,32)25-9-8-21-22-7-6-19-13-20(33-18(2)31)11-12-28(19,3)26(22)14-23(21)24(25)16-30(27)15-17/h6,17,20-27,32H,5,7-16H2,1-4H3/t17?,20?,21?,22?,23?,24?,25?,26?,27?,28-,29-/m0/s1. The van der Waals surface area contributed by atoms with Crippen LogP contribution in [0.1, 0.15) is 85.5 Å². The first-order chi connectivity index (χ1) is 15.7. The molecule has 0 bridgehead atoms. The topological polar surface area (TPSA) is 49.8 Å². The molecule has 1 N–H and O–H groups in total. The molecular weight excluding hydrogens is 410 g/mol. The lowest BCUT2D eigenvalue weighted by Crippen LogP contribution is -2.67. The molecule has 33 heavy (non-hydrogen) atoms. The highest BCUT2D eigenvalue weighted by Crippen LogP contribution is 2.66. The van der Waals surface area contributed by atoms with E-state index >= 15 is 0 Å². The zero-order valence-electron chi connectivity index (χ0n) is 21.3. The summed E-state index contributed by atoms with van der Waals surface area (Å²) in [4.78, 5) is 14.2. The van der Waals surface area contributed by atoms with Crippen molar-refractivity contribution in [2.45, 2.75) is 103 Å². The number of hydrogen-bond donors (Lipinski definition) is 1. The summed E-state index contributed by atoms with van der Waals surface area (Å²) >= 11 is 0. The minimum atomic E-state index is -0.531. The van der Waals surface area contributed by atoms with E-state index in [0.717, 1.165) is 48.9 Å². The summed E-state index contributed by atoms with van der Waals surface area (Å²) < 4.78 is 5.63. The van der Waals surface area contributed by atoms with Gasteiger partial charge in [-0.2, -0.15) is 0 Å². The largest absolute Gasteiger partial charge is 0.462 e. The quantitative estimate of drug-likeness (QED) is 0.436. The molecule has 6 rings (SSSR count). The smallest absolute Gasteiger partial charge is 0.302 e. The van der Waals surface area contributed by atoms with E-state index in [1.54, 1.807) is 12.5 Å². The van der Waals surface area contributed by atoms with Crippen LogP contribution in [0.25, 0.3) is 0 Å². The lowest BCUT2D eigenvalue weighted by atomic mass is 9.56. The summed E-state index contributed by atoms with van der Waals surface area (Å²) in [6.45, 7) is 11.1. The Labute approximate surface area is 200 Å². The normalized spacial score (nSPS) is 53.6. The zero-order valence-corrected chi connectivity index (χ0v) is 21.3. The van der Waals surface area contributed by atoms with Crippen LogP contribution >= 0.6 is 0 Å². The Kier molecular flexibility index (Phi) is 5.35. The number of rotatable bonds is 1. The van der Waals surface area contributed by atoms with Gasteiger partial charge in [-0.15, -0.1) is 0 Å². The molecule has 2 aliphatic heterocycles. The van der Waals surface area contributed by atoms with Crippen LogP contribution in [0.2, 0.25) is 0 Å². The Balaban J connectivity index is 1.25. The highest BCUT2D eigenvalue weighted by atomic mass is 16.5. The van der Waals surface area contributed by atoms with Gasteiger partial charge in [0.15, 0.2) is 0 Å². The molecule has 0 aromatic heterocycles. The SMILES string of the molecule is CC(=O)OC1CC[C@@]2(C)C(=CCC3C4CCC5C(CN6CC(C)CCC6[C@@]5(C)O)C4CC32)C1. The van der Waals surface area contributed by atoms with Crippen molar-refractivity contribution in [1.29, 1.82) is 0 Å². The second-order valence-corrected chi connectivity index (χ2v) is 13.4. The Hall–Kier alpha value is -0.870. The van der Waals surface area contributed by atoms with Crippen LogP contribution in [0.4, 0.5) is 0 Å². The summed E-state index contributed by atoms with van der Waals surface area (Å²) in [6.07, 6.45) is 13.3. The van der Waals surface area contributed by atoms with Gasteiger partial charge in [-0.05, 0) is 105 Å². The Morgan fingerprint density at radius 3 is 2.64 bits per heavy atom. The van der Waals surface area contributed by atoms with Crippen LogP contribution in [-0.2, 0) is 9.53 Å². The van der Waals surface area contributed by atoms with Crippen molar-refractivity contribution < 1.29 is 14.6 Å². The number of carbonyl (C=O) groups is 1. The van der Waals surface area contributed by atoms with Crippen molar-refractivity contribution in [1.82, 2.24) is 4.90 Å². The van der Waals surface area contributed by atoms with E-state index in [2.05, 4.69) is 31.7 Å². The van der Waals surface area contributed by atoms with Gasteiger partial charge in [0.2, 0.25) is 0 Å². The van der Waals surface area contributed by atoms with Crippen LogP contribution in [-0.4, -0.2) is 46.8 Å². The van der Waals surface area contributed by atoms with Crippen molar-refractivity contribution in [3.63, 3.8) is 0 Å². The molecule has 2 heterocycles. The fourth-order valence-electron chi connectivity index (χ4n) is 10.3. The number of carbonyl (C=O) groups excluding carboxylic acids is 1. The minimum Gasteiger partial charge on any atom is -0.462 e. The van der Waals surface area contributed by atoms with Gasteiger partial charge in [-0.25, -0.2) is 0 Å². The van der Waals surface area contributed by atoms with Gasteiger partial charge in [0, 0.05) is 32.5 Å². The predicted molar refractivity (Wildman–Crippen MR) is 129 cm³/mol. The van der Waals surface area contributed by atoms with Crippen molar-refractivity contribution in [2.24, 2.45) is 46.8 Å². The Morgan fingerprint density at radius 1 is 1.03 bits per heavy atom. The van der Waals surface area contributed by atoms with E-state index in [1.807, 2.05) is 0 Å². The second-order valence-electron chi connectivity index (χ2n) is 13.4. The molecule has 11 atom stereocenters. The Bertz CT molecular complexity index is 835. The fourth-order valence-corrected chi connectivity index (χ4v) is 10.3. The first kappa shape index (κ1) is 22.6. The second kappa shape index (κ2) is 7.82. The van der Waals surface area contributed by atoms with Gasteiger partial charge in [-0.3, -0.25) is 9.69 Å². The highest BCUT2D eigenvalue weighted by molar-refractivity contribution is 5.66. The molecule has 9 unspecified atom stereocenters. The van der Waals surface area contributed by atoms with E-state index < -0.39 is 5.60 Å². The maximum atomic E-state index is 11.9. The number of esters is 1. The number of nitrogens with zero attached hydrogens (tertiary/aromatic N) is 1. The predicted octanol–water partition coefficient (Wildman–Crippen LogP) is 5.20. The number of ether oxygens (including phenoxy) is 1. The molecule has 4 aliphatic carbocycles. The molecular formula is C29H45NO3. The van der Waals surface area contributed by atoms with Crippen molar-refractivity contribution in [3.05, 3.63) is 11.6 Å². The molecule has 184 valence electrons. The molecule has 3 saturated carbocycles. The third-order valence-electron chi connectivity index (χ3n) is 11.8. The lowest BCUT2D eigenvalue weighted by Gasteiger charge is -2.59. The van der Waals surface area contributed by atoms with Gasteiger partial charge >= 0.3 is 5.97 Å².